The van der Waals surface area contributed by atoms with E-state index in [2.05, 4.69) is 67.6 Å². The first kappa shape index (κ1) is 22.1. The van der Waals surface area contributed by atoms with Crippen molar-refractivity contribution in [1.29, 1.82) is 0 Å². The van der Waals surface area contributed by atoms with Crippen LogP contribution in [0.15, 0.2) is 109 Å². The fourth-order valence-corrected chi connectivity index (χ4v) is 3.58. The van der Waals surface area contributed by atoms with Gasteiger partial charge in [0, 0.05) is 16.7 Å². The lowest BCUT2D eigenvalue weighted by molar-refractivity contribution is 1.07. The van der Waals surface area contributed by atoms with Crippen LogP contribution in [0.2, 0.25) is 0 Å². The topological polar surface area (TPSA) is 38.7 Å². The van der Waals surface area contributed by atoms with Gasteiger partial charge in [0.2, 0.25) is 0 Å². The van der Waals surface area contributed by atoms with Crippen molar-refractivity contribution in [2.45, 2.75) is 20.8 Å². The molecule has 0 saturated heterocycles. The summed E-state index contributed by atoms with van der Waals surface area (Å²) >= 11 is 0. The van der Waals surface area contributed by atoms with Crippen molar-refractivity contribution in [3.8, 4) is 45.3 Å². The zero-order valence-electron chi connectivity index (χ0n) is 19.2. The predicted molar refractivity (Wildman–Crippen MR) is 138 cm³/mol. The van der Waals surface area contributed by atoms with Crippen molar-refractivity contribution in [1.82, 2.24) is 15.0 Å². The van der Waals surface area contributed by atoms with Gasteiger partial charge in [0.25, 0.3) is 0 Å². The normalized spacial score (nSPS) is 10.3. The van der Waals surface area contributed by atoms with Crippen LogP contribution in [-0.4, -0.2) is 15.0 Å². The Morgan fingerprint density at radius 1 is 0.394 bits per heavy atom. The molecule has 0 unspecified atom stereocenters. The zero-order valence-corrected chi connectivity index (χ0v) is 19.2. The first-order valence-electron chi connectivity index (χ1n) is 11.3. The smallest absolute Gasteiger partial charge is 0.164 e. The second kappa shape index (κ2) is 10.5. The summed E-state index contributed by atoms with van der Waals surface area (Å²) in [7, 11) is 0. The Kier molecular flexibility index (Phi) is 7.01. The number of nitrogens with zero attached hydrogens (tertiary/aromatic N) is 3. The molecular weight excluding hydrogens is 402 g/mol. The lowest BCUT2D eigenvalue weighted by Gasteiger charge is -2.09. The summed E-state index contributed by atoms with van der Waals surface area (Å²) in [6.45, 7) is 6.08. The molecule has 3 nitrogen and oxygen atoms in total. The molecule has 1 heterocycles. The summed E-state index contributed by atoms with van der Waals surface area (Å²) < 4.78 is 0. The van der Waals surface area contributed by atoms with Gasteiger partial charge < -0.3 is 0 Å². The average molecular weight is 430 g/mol. The van der Waals surface area contributed by atoms with Crippen LogP contribution in [0.25, 0.3) is 45.3 Å². The molecule has 0 aliphatic rings. The van der Waals surface area contributed by atoms with Crippen molar-refractivity contribution < 1.29 is 0 Å². The number of hydrogen-bond donors (Lipinski definition) is 0. The lowest BCUT2D eigenvalue weighted by Crippen LogP contribution is -2.00. The van der Waals surface area contributed by atoms with E-state index >= 15 is 0 Å². The minimum absolute atomic E-state index is 0.671. The van der Waals surface area contributed by atoms with Crippen LogP contribution in [0.5, 0.6) is 0 Å². The Morgan fingerprint density at radius 2 is 0.788 bits per heavy atom. The van der Waals surface area contributed by atoms with E-state index in [0.717, 1.165) is 16.7 Å². The third-order valence-electron chi connectivity index (χ3n) is 5.19. The van der Waals surface area contributed by atoms with Gasteiger partial charge in [-0.05, 0) is 24.1 Å². The molecule has 33 heavy (non-hydrogen) atoms. The van der Waals surface area contributed by atoms with Crippen molar-refractivity contribution in [3.05, 3.63) is 115 Å². The van der Waals surface area contributed by atoms with E-state index in [1.54, 1.807) is 0 Å². The highest BCUT2D eigenvalue weighted by molar-refractivity contribution is 5.70. The number of benzene rings is 4. The van der Waals surface area contributed by atoms with E-state index in [-0.39, 0.29) is 0 Å². The van der Waals surface area contributed by atoms with E-state index in [1.165, 1.54) is 16.7 Å². The summed E-state index contributed by atoms with van der Waals surface area (Å²) in [5.74, 6) is 2.03. The Morgan fingerprint density at radius 3 is 1.33 bits per heavy atom. The van der Waals surface area contributed by atoms with Gasteiger partial charge in [-0.1, -0.05) is 123 Å². The maximum Gasteiger partial charge on any atom is 0.164 e. The van der Waals surface area contributed by atoms with Crippen molar-refractivity contribution in [2.24, 2.45) is 0 Å². The fourth-order valence-electron chi connectivity index (χ4n) is 3.58. The van der Waals surface area contributed by atoms with Crippen molar-refractivity contribution in [2.75, 3.05) is 0 Å². The maximum absolute atomic E-state index is 4.82. The summed E-state index contributed by atoms with van der Waals surface area (Å²) in [5, 5.41) is 0. The molecule has 0 aliphatic carbocycles. The molecule has 0 spiro atoms. The SMILES string of the molecule is CC.Cc1cccc(-c2nc(-c3ccccc3)nc(-c3ccc(-c4ccccc4)cc3)n2)c1. The molecular formula is C30H27N3. The fraction of sp³-hybridized carbons (Fsp3) is 0.100. The minimum atomic E-state index is 0.671. The van der Waals surface area contributed by atoms with Gasteiger partial charge in [-0.25, -0.2) is 15.0 Å². The van der Waals surface area contributed by atoms with E-state index in [4.69, 9.17) is 15.0 Å². The number of aryl methyl sites for hydroxylation is 1. The zero-order chi connectivity index (χ0) is 23.0. The molecule has 0 N–H and O–H groups in total. The molecule has 162 valence electrons. The average Bonchev–Trinajstić information content (AvgIpc) is 2.91. The molecule has 0 bridgehead atoms. The van der Waals surface area contributed by atoms with Crippen LogP contribution in [0.1, 0.15) is 19.4 Å². The quantitative estimate of drug-likeness (QED) is 0.292. The molecule has 3 heteroatoms. The van der Waals surface area contributed by atoms with E-state index in [9.17, 15) is 0 Å². The third-order valence-corrected chi connectivity index (χ3v) is 5.19. The summed E-state index contributed by atoms with van der Waals surface area (Å²) in [6.07, 6.45) is 0. The summed E-state index contributed by atoms with van der Waals surface area (Å²) in [5.41, 5.74) is 6.46. The molecule has 1 aromatic heterocycles. The standard InChI is InChI=1S/C28H21N3.C2H6/c1-20-9-8-14-25(19-20)28-30-26(23-12-6-3-7-13-23)29-27(31-28)24-17-15-22(16-18-24)21-10-4-2-5-11-21;1-2/h2-19H,1H3;1-2H3. The largest absolute Gasteiger partial charge is 0.208 e. The van der Waals surface area contributed by atoms with E-state index < -0.39 is 0 Å². The van der Waals surface area contributed by atoms with Gasteiger partial charge >= 0.3 is 0 Å². The molecule has 0 aliphatic heterocycles. The van der Waals surface area contributed by atoms with Crippen LogP contribution in [-0.2, 0) is 0 Å². The predicted octanol–water partition coefficient (Wildman–Crippen LogP) is 7.87. The van der Waals surface area contributed by atoms with Crippen LogP contribution >= 0.6 is 0 Å². The highest BCUT2D eigenvalue weighted by atomic mass is 15.0. The monoisotopic (exact) mass is 429 g/mol. The van der Waals surface area contributed by atoms with E-state index in [1.807, 2.05) is 62.4 Å². The first-order chi connectivity index (χ1) is 16.3. The second-order valence-electron chi connectivity index (χ2n) is 7.49. The van der Waals surface area contributed by atoms with Gasteiger partial charge in [0.15, 0.2) is 17.5 Å². The van der Waals surface area contributed by atoms with Crippen LogP contribution < -0.4 is 0 Å². The third kappa shape index (κ3) is 5.21. The Hall–Kier alpha value is -4.11. The molecule has 0 atom stereocenters. The highest BCUT2D eigenvalue weighted by Crippen LogP contribution is 2.27. The summed E-state index contributed by atoms with van der Waals surface area (Å²) in [4.78, 5) is 14.4. The Labute approximate surface area is 195 Å². The van der Waals surface area contributed by atoms with Gasteiger partial charge in [0.05, 0.1) is 0 Å². The van der Waals surface area contributed by atoms with Gasteiger partial charge in [-0.2, -0.15) is 0 Å². The summed E-state index contributed by atoms with van der Waals surface area (Å²) in [6, 6.07) is 37.0. The van der Waals surface area contributed by atoms with Crippen molar-refractivity contribution >= 4 is 0 Å². The Balaban J connectivity index is 0.00000126. The number of hydrogen-bond acceptors (Lipinski definition) is 3. The molecule has 0 radical (unpaired) electrons. The van der Waals surface area contributed by atoms with Crippen LogP contribution in [0, 0.1) is 6.92 Å². The number of rotatable bonds is 4. The van der Waals surface area contributed by atoms with Crippen LogP contribution in [0.3, 0.4) is 0 Å². The highest BCUT2D eigenvalue weighted by Gasteiger charge is 2.12. The second-order valence-corrected chi connectivity index (χ2v) is 7.49. The number of aromatic nitrogens is 3. The van der Waals surface area contributed by atoms with Gasteiger partial charge in [-0.3, -0.25) is 0 Å². The molecule has 4 aromatic carbocycles. The van der Waals surface area contributed by atoms with Crippen LogP contribution in [0.4, 0.5) is 0 Å². The Bertz CT molecular complexity index is 1310. The van der Waals surface area contributed by atoms with Crippen molar-refractivity contribution in [3.63, 3.8) is 0 Å². The van der Waals surface area contributed by atoms with E-state index in [0.29, 0.717) is 17.5 Å². The minimum Gasteiger partial charge on any atom is -0.208 e. The maximum atomic E-state index is 4.82. The first-order valence-corrected chi connectivity index (χ1v) is 11.3. The lowest BCUT2D eigenvalue weighted by atomic mass is 10.0. The molecule has 0 amide bonds. The van der Waals surface area contributed by atoms with Gasteiger partial charge in [-0.15, -0.1) is 0 Å². The molecule has 0 saturated carbocycles. The van der Waals surface area contributed by atoms with Gasteiger partial charge in [0.1, 0.15) is 0 Å². The molecule has 5 rings (SSSR count). The molecule has 5 aromatic rings. The molecule has 0 fully saturated rings.